The van der Waals surface area contributed by atoms with Crippen molar-refractivity contribution < 1.29 is 27.5 Å². The van der Waals surface area contributed by atoms with E-state index in [0.29, 0.717) is 30.3 Å². The van der Waals surface area contributed by atoms with Gasteiger partial charge in [0.2, 0.25) is 11.8 Å². The lowest BCUT2D eigenvalue weighted by Crippen LogP contribution is -2.51. The molecule has 0 radical (unpaired) electrons. The Hall–Kier alpha value is -4.05. The van der Waals surface area contributed by atoms with Crippen LogP contribution in [0, 0.1) is 0 Å². The first kappa shape index (κ1) is 30.5. The molecule has 3 aromatic rings. The van der Waals surface area contributed by atoms with Gasteiger partial charge in [-0.2, -0.15) is 0 Å². The molecule has 0 aromatic heterocycles. The number of hydrogen-bond donors (Lipinski definition) is 1. The summed E-state index contributed by atoms with van der Waals surface area (Å²) in [6.07, 6.45) is 0.742. The van der Waals surface area contributed by atoms with Crippen LogP contribution in [0.15, 0.2) is 83.8 Å². The van der Waals surface area contributed by atoms with E-state index in [2.05, 4.69) is 5.32 Å². The van der Waals surface area contributed by atoms with Crippen LogP contribution in [0.2, 0.25) is 0 Å². The number of nitrogens with one attached hydrogen (secondary N) is 1. The number of carbonyl (C=O) groups is 2. The van der Waals surface area contributed by atoms with Crippen molar-refractivity contribution in [1.29, 1.82) is 0 Å². The Balaban J connectivity index is 1.99. The molecule has 10 heteroatoms. The Kier molecular flexibility index (Phi) is 11.0. The van der Waals surface area contributed by atoms with Crippen LogP contribution in [0.25, 0.3) is 0 Å². The summed E-state index contributed by atoms with van der Waals surface area (Å²) in [7, 11) is -2.56. The molecule has 1 atom stereocenters. The van der Waals surface area contributed by atoms with E-state index in [1.807, 2.05) is 13.8 Å². The maximum Gasteiger partial charge on any atom is 0.264 e. The van der Waals surface area contributed by atoms with Crippen molar-refractivity contribution in [2.45, 2.75) is 44.7 Å². The van der Waals surface area contributed by atoms with Crippen LogP contribution < -0.4 is 19.1 Å². The summed E-state index contributed by atoms with van der Waals surface area (Å²) in [5.74, 6) is 0.397. The first-order valence-electron chi connectivity index (χ1n) is 13.2. The van der Waals surface area contributed by atoms with Crippen LogP contribution in [-0.4, -0.2) is 58.0 Å². The number of ether oxygens (including phenoxy) is 2. The summed E-state index contributed by atoms with van der Waals surface area (Å²) >= 11 is 0. The Morgan fingerprint density at radius 3 is 2.10 bits per heavy atom. The molecule has 1 N–H and O–H groups in total. The first-order chi connectivity index (χ1) is 19.2. The molecular weight excluding hydrogens is 530 g/mol. The molecule has 0 saturated heterocycles. The Morgan fingerprint density at radius 1 is 0.900 bits per heavy atom. The van der Waals surface area contributed by atoms with Crippen molar-refractivity contribution in [2.24, 2.45) is 0 Å². The Morgan fingerprint density at radius 2 is 1.52 bits per heavy atom. The molecule has 214 valence electrons. The highest BCUT2D eigenvalue weighted by atomic mass is 32.2. The lowest BCUT2D eigenvalue weighted by atomic mass is 10.1. The highest BCUT2D eigenvalue weighted by Crippen LogP contribution is 2.26. The highest BCUT2D eigenvalue weighted by molar-refractivity contribution is 7.92. The number of hydrogen-bond acceptors (Lipinski definition) is 6. The average molecular weight is 568 g/mol. The zero-order valence-electron chi connectivity index (χ0n) is 23.4. The maximum absolute atomic E-state index is 13.9. The third kappa shape index (κ3) is 7.75. The second-order valence-corrected chi connectivity index (χ2v) is 11.0. The van der Waals surface area contributed by atoms with E-state index in [0.717, 1.165) is 16.3 Å². The predicted molar refractivity (Wildman–Crippen MR) is 155 cm³/mol. The second-order valence-electron chi connectivity index (χ2n) is 9.09. The normalized spacial score (nSPS) is 11.8. The van der Waals surface area contributed by atoms with Gasteiger partial charge in [0.1, 0.15) is 24.1 Å². The van der Waals surface area contributed by atoms with Gasteiger partial charge in [-0.05, 0) is 74.4 Å². The van der Waals surface area contributed by atoms with Crippen LogP contribution in [0.1, 0.15) is 32.8 Å². The number of benzene rings is 3. The standard InChI is InChI=1S/C30H37N3O6S/c1-5-20-31-30(35)23(3)32(21-24-12-16-26(38-4)17-13-24)29(34)22-33(25-14-18-27(19-15-25)39-6-2)40(36,37)28-10-8-7-9-11-28/h7-19,23H,5-6,20-22H2,1-4H3,(H,31,35)/t23-/m1/s1. The molecule has 3 rings (SSSR count). The largest absolute Gasteiger partial charge is 0.497 e. The number of sulfonamides is 1. The van der Waals surface area contributed by atoms with Crippen LogP contribution in [0.3, 0.4) is 0 Å². The van der Waals surface area contributed by atoms with Crippen LogP contribution in [0.5, 0.6) is 11.5 Å². The zero-order chi connectivity index (χ0) is 29.1. The van der Waals surface area contributed by atoms with E-state index in [9.17, 15) is 18.0 Å². The van der Waals surface area contributed by atoms with Crippen molar-refractivity contribution >= 4 is 27.5 Å². The van der Waals surface area contributed by atoms with Gasteiger partial charge in [-0.3, -0.25) is 13.9 Å². The lowest BCUT2D eigenvalue weighted by Gasteiger charge is -2.32. The van der Waals surface area contributed by atoms with Crippen LogP contribution >= 0.6 is 0 Å². The minimum atomic E-state index is -4.12. The predicted octanol–water partition coefficient (Wildman–Crippen LogP) is 4.23. The summed E-state index contributed by atoms with van der Waals surface area (Å²) in [5, 5.41) is 2.83. The van der Waals surface area contributed by atoms with Gasteiger partial charge in [0.25, 0.3) is 10.0 Å². The van der Waals surface area contributed by atoms with Crippen molar-refractivity contribution in [2.75, 3.05) is 31.1 Å². The first-order valence-corrected chi connectivity index (χ1v) is 14.7. The van der Waals surface area contributed by atoms with Gasteiger partial charge < -0.3 is 19.7 Å². The van der Waals surface area contributed by atoms with Crippen molar-refractivity contribution in [1.82, 2.24) is 10.2 Å². The van der Waals surface area contributed by atoms with Gasteiger partial charge in [0.15, 0.2) is 0 Å². The van der Waals surface area contributed by atoms with Gasteiger partial charge in [-0.25, -0.2) is 8.42 Å². The SMILES string of the molecule is CCCNC(=O)[C@@H](C)N(Cc1ccc(OC)cc1)C(=O)CN(c1ccc(OCC)cc1)S(=O)(=O)c1ccccc1. The summed E-state index contributed by atoms with van der Waals surface area (Å²) in [6, 6.07) is 20.8. The second kappa shape index (κ2) is 14.4. The molecule has 0 bridgehead atoms. The van der Waals surface area contributed by atoms with Gasteiger partial charge in [0, 0.05) is 13.1 Å². The van der Waals surface area contributed by atoms with Gasteiger partial charge in [0.05, 0.1) is 24.3 Å². The van der Waals surface area contributed by atoms with Gasteiger partial charge in [-0.15, -0.1) is 0 Å². The molecule has 0 fully saturated rings. The molecule has 0 spiro atoms. The summed E-state index contributed by atoms with van der Waals surface area (Å²) in [4.78, 5) is 28.3. The third-order valence-corrected chi connectivity index (χ3v) is 8.06. The summed E-state index contributed by atoms with van der Waals surface area (Å²) in [6.45, 7) is 5.96. The average Bonchev–Trinajstić information content (AvgIpc) is 2.98. The molecule has 0 unspecified atom stereocenters. The van der Waals surface area contributed by atoms with Gasteiger partial charge in [-0.1, -0.05) is 37.3 Å². The summed E-state index contributed by atoms with van der Waals surface area (Å²) in [5.41, 5.74) is 1.07. The molecule has 0 aliphatic heterocycles. The molecule has 0 saturated carbocycles. The van der Waals surface area contributed by atoms with Gasteiger partial charge >= 0.3 is 0 Å². The number of methoxy groups -OCH3 is 1. The molecule has 0 aliphatic carbocycles. The topological polar surface area (TPSA) is 105 Å². The minimum Gasteiger partial charge on any atom is -0.497 e. The van der Waals surface area contributed by atoms with Crippen LogP contribution in [0.4, 0.5) is 5.69 Å². The third-order valence-electron chi connectivity index (χ3n) is 6.27. The number of carbonyl (C=O) groups excluding carboxylic acids is 2. The number of anilines is 1. The minimum absolute atomic E-state index is 0.0483. The Bertz CT molecular complexity index is 1350. The monoisotopic (exact) mass is 567 g/mol. The summed E-state index contributed by atoms with van der Waals surface area (Å²) < 4.78 is 39.4. The quantitative estimate of drug-likeness (QED) is 0.313. The fourth-order valence-corrected chi connectivity index (χ4v) is 5.47. The number of rotatable bonds is 14. The lowest BCUT2D eigenvalue weighted by molar-refractivity contribution is -0.139. The van der Waals surface area contributed by atoms with Crippen molar-refractivity contribution in [3.05, 3.63) is 84.4 Å². The van der Waals surface area contributed by atoms with E-state index in [1.54, 1.807) is 80.8 Å². The van der Waals surface area contributed by atoms with Crippen molar-refractivity contribution in [3.8, 4) is 11.5 Å². The van der Waals surface area contributed by atoms with E-state index >= 15 is 0 Å². The zero-order valence-corrected chi connectivity index (χ0v) is 24.2. The fraction of sp³-hybridized carbons (Fsp3) is 0.333. The molecule has 9 nitrogen and oxygen atoms in total. The molecule has 0 aliphatic rings. The van der Waals surface area contributed by atoms with E-state index in [1.165, 1.54) is 17.0 Å². The number of nitrogens with zero attached hydrogens (tertiary/aromatic N) is 2. The molecule has 0 heterocycles. The Labute approximate surface area is 236 Å². The smallest absolute Gasteiger partial charge is 0.264 e. The maximum atomic E-state index is 13.9. The molecule has 3 aromatic carbocycles. The van der Waals surface area contributed by atoms with E-state index in [-0.39, 0.29) is 17.3 Å². The fourth-order valence-electron chi connectivity index (χ4n) is 4.03. The van der Waals surface area contributed by atoms with E-state index < -0.39 is 28.5 Å². The molecular formula is C30H37N3O6S. The molecule has 40 heavy (non-hydrogen) atoms. The highest BCUT2D eigenvalue weighted by Gasteiger charge is 2.32. The van der Waals surface area contributed by atoms with Crippen LogP contribution in [-0.2, 0) is 26.2 Å². The number of amides is 2. The van der Waals surface area contributed by atoms with Crippen molar-refractivity contribution in [3.63, 3.8) is 0 Å². The van der Waals surface area contributed by atoms with E-state index in [4.69, 9.17) is 9.47 Å². The molecule has 2 amide bonds.